The molecule has 7 heteroatoms. The lowest BCUT2D eigenvalue weighted by atomic mass is 10.3. The largest absolute Gasteiger partial charge is 0.479 e. The highest BCUT2D eigenvalue weighted by molar-refractivity contribution is 6.67. The molecule has 0 aromatic carbocycles. The van der Waals surface area contributed by atoms with Crippen LogP contribution in [0.3, 0.4) is 0 Å². The van der Waals surface area contributed by atoms with Crippen LogP contribution in [0.4, 0.5) is 0 Å². The molecule has 1 atom stereocenters. The number of carbonyl (C=O) groups is 2. The van der Waals surface area contributed by atoms with Crippen molar-refractivity contribution >= 4 is 22.8 Å². The molecule has 0 aliphatic heterocycles. The van der Waals surface area contributed by atoms with Gasteiger partial charge in [-0.15, -0.1) is 0 Å². The molecule has 1 rings (SSSR count). The van der Waals surface area contributed by atoms with Crippen molar-refractivity contribution in [3.8, 4) is 5.88 Å². The molecule has 6 nitrogen and oxygen atoms in total. The molecule has 0 amide bonds. The van der Waals surface area contributed by atoms with Crippen LogP contribution in [0.1, 0.15) is 23.9 Å². The summed E-state index contributed by atoms with van der Waals surface area (Å²) in [5, 5.41) is 11.2. The fourth-order valence-electron chi connectivity index (χ4n) is 0.861. The molecule has 0 saturated heterocycles. The van der Waals surface area contributed by atoms with Crippen LogP contribution < -0.4 is 4.74 Å². The Labute approximate surface area is 89.8 Å². The number of ether oxygens (including phenoxy) is 1. The van der Waals surface area contributed by atoms with Crippen LogP contribution in [-0.4, -0.2) is 27.6 Å². The van der Waals surface area contributed by atoms with Gasteiger partial charge in [0.25, 0.3) is 11.1 Å². The third kappa shape index (κ3) is 2.95. The first-order chi connectivity index (χ1) is 7.04. The number of hydrogen-bond donors (Lipinski definition) is 1. The summed E-state index contributed by atoms with van der Waals surface area (Å²) < 4.78 is 9.44. The van der Waals surface area contributed by atoms with E-state index in [1.54, 1.807) is 6.92 Å². The molecule has 1 heterocycles. The lowest BCUT2D eigenvalue weighted by Crippen LogP contribution is -2.25. The van der Waals surface area contributed by atoms with E-state index in [0.717, 1.165) is 6.07 Å². The molecule has 0 bridgehead atoms. The normalized spacial score (nSPS) is 12.1. The van der Waals surface area contributed by atoms with Gasteiger partial charge in [0.05, 0.1) is 6.07 Å². The van der Waals surface area contributed by atoms with E-state index in [4.69, 9.17) is 21.4 Å². The van der Waals surface area contributed by atoms with Crippen LogP contribution >= 0.6 is 11.6 Å². The van der Waals surface area contributed by atoms with Crippen LogP contribution in [0.2, 0.25) is 0 Å². The quantitative estimate of drug-likeness (QED) is 0.771. The highest BCUT2D eigenvalue weighted by Gasteiger charge is 2.20. The SMILES string of the molecule is CCC(Oc1cc(C(=O)Cl)on1)C(=O)O. The number of halogens is 1. The number of carbonyl (C=O) groups excluding carboxylic acids is 1. The third-order valence-electron chi connectivity index (χ3n) is 1.59. The van der Waals surface area contributed by atoms with Gasteiger partial charge in [0.2, 0.25) is 5.76 Å². The van der Waals surface area contributed by atoms with Gasteiger partial charge in [0.1, 0.15) is 0 Å². The average molecular weight is 234 g/mol. The van der Waals surface area contributed by atoms with Crippen molar-refractivity contribution in [1.82, 2.24) is 5.16 Å². The Kier molecular flexibility index (Phi) is 3.68. The Balaban J connectivity index is 2.71. The molecule has 1 N–H and O–H groups in total. The van der Waals surface area contributed by atoms with Gasteiger partial charge in [-0.25, -0.2) is 4.79 Å². The first-order valence-corrected chi connectivity index (χ1v) is 4.48. The Morgan fingerprint density at radius 1 is 1.73 bits per heavy atom. The standard InChI is InChI=1S/C8H8ClNO5/c1-2-4(8(12)13)14-6-3-5(7(9)11)15-10-6/h3-4H,2H2,1H3,(H,12,13). The molecular formula is C8H8ClNO5. The Bertz CT molecular complexity index is 375. The van der Waals surface area contributed by atoms with Gasteiger partial charge in [-0.3, -0.25) is 4.79 Å². The molecule has 1 aromatic rings. The maximum Gasteiger partial charge on any atom is 0.344 e. The minimum absolute atomic E-state index is 0.0757. The first kappa shape index (κ1) is 11.5. The van der Waals surface area contributed by atoms with Crippen LogP contribution in [0, 0.1) is 0 Å². The topological polar surface area (TPSA) is 89.6 Å². The summed E-state index contributed by atoms with van der Waals surface area (Å²) in [6, 6.07) is 1.14. The zero-order chi connectivity index (χ0) is 11.4. The number of carboxylic acid groups (broad SMARTS) is 1. The number of nitrogens with zero attached hydrogens (tertiary/aromatic N) is 1. The van der Waals surface area contributed by atoms with Crippen LogP contribution in [0.25, 0.3) is 0 Å². The molecule has 15 heavy (non-hydrogen) atoms. The molecule has 0 fully saturated rings. The van der Waals surface area contributed by atoms with Gasteiger partial charge in [-0.05, 0) is 23.2 Å². The highest BCUT2D eigenvalue weighted by Crippen LogP contribution is 2.15. The van der Waals surface area contributed by atoms with E-state index in [9.17, 15) is 9.59 Å². The molecule has 82 valence electrons. The summed E-state index contributed by atoms with van der Waals surface area (Å²) >= 11 is 5.10. The first-order valence-electron chi connectivity index (χ1n) is 4.10. The summed E-state index contributed by atoms with van der Waals surface area (Å²) in [5.74, 6) is -1.38. The second kappa shape index (κ2) is 4.79. The average Bonchev–Trinajstić information content (AvgIpc) is 2.61. The minimum atomic E-state index is -1.11. The summed E-state index contributed by atoms with van der Waals surface area (Å²) in [4.78, 5) is 21.2. The van der Waals surface area contributed by atoms with E-state index in [-0.39, 0.29) is 18.1 Å². The fraction of sp³-hybridized carbons (Fsp3) is 0.375. The zero-order valence-electron chi connectivity index (χ0n) is 7.77. The smallest absolute Gasteiger partial charge is 0.344 e. The molecule has 0 aliphatic carbocycles. The molecule has 0 radical (unpaired) electrons. The summed E-state index contributed by atoms with van der Waals surface area (Å²) in [6.07, 6.45) is -0.750. The van der Waals surface area contributed by atoms with E-state index < -0.39 is 17.3 Å². The predicted octanol–water partition coefficient (Wildman–Crippen LogP) is 1.30. The number of rotatable bonds is 5. The molecule has 1 aromatic heterocycles. The maximum absolute atomic E-state index is 10.6. The Hall–Kier alpha value is -1.56. The second-order valence-corrected chi connectivity index (χ2v) is 3.00. The highest BCUT2D eigenvalue weighted by atomic mass is 35.5. The van der Waals surface area contributed by atoms with Crippen molar-refractivity contribution in [2.75, 3.05) is 0 Å². The molecule has 0 spiro atoms. The van der Waals surface area contributed by atoms with Gasteiger partial charge in [0, 0.05) is 0 Å². The summed E-state index contributed by atoms with van der Waals surface area (Å²) in [7, 11) is 0. The Morgan fingerprint density at radius 3 is 2.80 bits per heavy atom. The van der Waals surface area contributed by atoms with Crippen molar-refractivity contribution in [2.24, 2.45) is 0 Å². The van der Waals surface area contributed by atoms with Crippen molar-refractivity contribution in [1.29, 1.82) is 0 Å². The zero-order valence-corrected chi connectivity index (χ0v) is 8.52. The van der Waals surface area contributed by atoms with E-state index in [1.165, 1.54) is 0 Å². The van der Waals surface area contributed by atoms with Crippen molar-refractivity contribution < 1.29 is 24.0 Å². The van der Waals surface area contributed by atoms with Crippen molar-refractivity contribution in [2.45, 2.75) is 19.4 Å². The van der Waals surface area contributed by atoms with E-state index in [2.05, 4.69) is 9.68 Å². The summed E-state index contributed by atoms with van der Waals surface area (Å²) in [5.41, 5.74) is 0. The monoisotopic (exact) mass is 233 g/mol. The number of aromatic nitrogens is 1. The van der Waals surface area contributed by atoms with Crippen molar-refractivity contribution in [3.63, 3.8) is 0 Å². The fourth-order valence-corrected chi connectivity index (χ4v) is 0.950. The number of carboxylic acids is 1. The van der Waals surface area contributed by atoms with E-state index in [1.807, 2.05) is 0 Å². The predicted molar refractivity (Wildman–Crippen MR) is 49.0 cm³/mol. The molecule has 0 saturated carbocycles. The van der Waals surface area contributed by atoms with Crippen LogP contribution in [0.15, 0.2) is 10.6 Å². The second-order valence-electron chi connectivity index (χ2n) is 2.66. The van der Waals surface area contributed by atoms with Gasteiger partial charge >= 0.3 is 5.97 Å². The van der Waals surface area contributed by atoms with Crippen molar-refractivity contribution in [3.05, 3.63) is 11.8 Å². The van der Waals surface area contributed by atoms with Gasteiger partial charge in [-0.1, -0.05) is 6.92 Å². The van der Waals surface area contributed by atoms with Gasteiger partial charge < -0.3 is 14.4 Å². The van der Waals surface area contributed by atoms with Gasteiger partial charge in [-0.2, -0.15) is 0 Å². The van der Waals surface area contributed by atoms with E-state index >= 15 is 0 Å². The lowest BCUT2D eigenvalue weighted by Gasteiger charge is -2.08. The minimum Gasteiger partial charge on any atom is -0.479 e. The third-order valence-corrected chi connectivity index (χ3v) is 1.78. The number of aliphatic carboxylic acids is 1. The van der Waals surface area contributed by atoms with Crippen LogP contribution in [-0.2, 0) is 4.79 Å². The Morgan fingerprint density at radius 2 is 2.40 bits per heavy atom. The lowest BCUT2D eigenvalue weighted by molar-refractivity contribution is -0.145. The van der Waals surface area contributed by atoms with Crippen LogP contribution in [0.5, 0.6) is 5.88 Å². The maximum atomic E-state index is 10.6. The number of hydrogen-bond acceptors (Lipinski definition) is 5. The van der Waals surface area contributed by atoms with Gasteiger partial charge in [0.15, 0.2) is 6.10 Å². The summed E-state index contributed by atoms with van der Waals surface area (Å²) in [6.45, 7) is 1.65. The molecule has 0 aliphatic rings. The molecule has 1 unspecified atom stereocenters. The van der Waals surface area contributed by atoms with E-state index in [0.29, 0.717) is 0 Å². The molecular weight excluding hydrogens is 226 g/mol.